The number of carbonyl (C=O) groups is 2. The zero-order valence-electron chi connectivity index (χ0n) is 10.1. The molecule has 0 bridgehead atoms. The average molecular weight is 275 g/mol. The standard InChI is InChI=1S/C12H12F3NO3/c1-19-10(17)5-6-16-11(18)8-3-2-4-9(7-8)12(13,14)15/h2-4,7H,5-6H2,1H3,(H,16,18). The van der Waals surface area contributed by atoms with E-state index in [1.165, 1.54) is 13.2 Å². The SMILES string of the molecule is COC(=O)CCNC(=O)c1cccc(C(F)(F)F)c1. The van der Waals surface area contributed by atoms with E-state index in [9.17, 15) is 22.8 Å². The first-order valence-corrected chi connectivity index (χ1v) is 5.37. The van der Waals surface area contributed by atoms with Crippen molar-refractivity contribution in [2.45, 2.75) is 12.6 Å². The van der Waals surface area contributed by atoms with Gasteiger partial charge in [-0.3, -0.25) is 9.59 Å². The normalized spacial score (nSPS) is 10.9. The molecule has 1 amide bonds. The number of hydrogen-bond donors (Lipinski definition) is 1. The lowest BCUT2D eigenvalue weighted by Crippen LogP contribution is -2.26. The number of carbonyl (C=O) groups excluding carboxylic acids is 2. The molecule has 0 saturated carbocycles. The van der Waals surface area contributed by atoms with Crippen LogP contribution in [-0.2, 0) is 15.7 Å². The van der Waals surface area contributed by atoms with Gasteiger partial charge in [0.1, 0.15) is 0 Å². The Balaban J connectivity index is 2.65. The Labute approximate surface area is 107 Å². The Morgan fingerprint density at radius 1 is 1.32 bits per heavy atom. The van der Waals surface area contributed by atoms with Crippen LogP contribution >= 0.6 is 0 Å². The van der Waals surface area contributed by atoms with Crippen LogP contribution < -0.4 is 5.32 Å². The smallest absolute Gasteiger partial charge is 0.416 e. The molecule has 1 aromatic carbocycles. The molecule has 0 saturated heterocycles. The fourth-order valence-corrected chi connectivity index (χ4v) is 1.32. The Morgan fingerprint density at radius 3 is 2.58 bits per heavy atom. The van der Waals surface area contributed by atoms with E-state index in [4.69, 9.17) is 0 Å². The number of rotatable bonds is 4. The summed E-state index contributed by atoms with van der Waals surface area (Å²) < 4.78 is 41.7. The van der Waals surface area contributed by atoms with Gasteiger partial charge in [0.2, 0.25) is 0 Å². The molecule has 0 atom stereocenters. The Hall–Kier alpha value is -2.05. The number of hydrogen-bond acceptors (Lipinski definition) is 3. The molecule has 0 spiro atoms. The van der Waals surface area contributed by atoms with Crippen molar-refractivity contribution in [3.8, 4) is 0 Å². The van der Waals surface area contributed by atoms with E-state index >= 15 is 0 Å². The highest BCUT2D eigenvalue weighted by atomic mass is 19.4. The van der Waals surface area contributed by atoms with Crippen LogP contribution in [-0.4, -0.2) is 25.5 Å². The lowest BCUT2D eigenvalue weighted by atomic mass is 10.1. The predicted molar refractivity (Wildman–Crippen MR) is 60.4 cm³/mol. The second-order valence-electron chi connectivity index (χ2n) is 3.66. The van der Waals surface area contributed by atoms with Gasteiger partial charge < -0.3 is 10.1 Å². The van der Waals surface area contributed by atoms with Crippen molar-refractivity contribution in [3.63, 3.8) is 0 Å². The van der Waals surface area contributed by atoms with E-state index < -0.39 is 23.6 Å². The molecule has 1 N–H and O–H groups in total. The number of amides is 1. The van der Waals surface area contributed by atoms with E-state index in [1.807, 2.05) is 0 Å². The quantitative estimate of drug-likeness (QED) is 0.855. The zero-order chi connectivity index (χ0) is 14.5. The number of alkyl halides is 3. The van der Waals surface area contributed by atoms with Gasteiger partial charge in [0.25, 0.3) is 5.91 Å². The van der Waals surface area contributed by atoms with Gasteiger partial charge in [-0.15, -0.1) is 0 Å². The van der Waals surface area contributed by atoms with Crippen molar-refractivity contribution in [1.29, 1.82) is 0 Å². The molecule has 4 nitrogen and oxygen atoms in total. The van der Waals surface area contributed by atoms with Crippen LogP contribution in [0.2, 0.25) is 0 Å². The Bertz CT molecular complexity index is 472. The van der Waals surface area contributed by atoms with Crippen molar-refractivity contribution in [2.75, 3.05) is 13.7 Å². The Morgan fingerprint density at radius 2 is 2.00 bits per heavy atom. The number of ether oxygens (including phenoxy) is 1. The first-order valence-electron chi connectivity index (χ1n) is 5.37. The van der Waals surface area contributed by atoms with Crippen LogP contribution in [0.15, 0.2) is 24.3 Å². The molecule has 1 aromatic rings. The first kappa shape index (κ1) is 15.0. The molecular formula is C12H12F3NO3. The third-order valence-electron chi connectivity index (χ3n) is 2.29. The minimum absolute atomic E-state index is 0.00174. The van der Waals surface area contributed by atoms with Crippen LogP contribution in [0, 0.1) is 0 Å². The highest BCUT2D eigenvalue weighted by Gasteiger charge is 2.30. The van der Waals surface area contributed by atoms with Gasteiger partial charge >= 0.3 is 12.1 Å². The van der Waals surface area contributed by atoms with Crippen LogP contribution in [0.4, 0.5) is 13.2 Å². The molecule has 0 unspecified atom stereocenters. The maximum atomic E-state index is 12.4. The summed E-state index contributed by atoms with van der Waals surface area (Å²) in [6.07, 6.45) is -4.54. The minimum Gasteiger partial charge on any atom is -0.469 e. The van der Waals surface area contributed by atoms with Crippen LogP contribution in [0.1, 0.15) is 22.3 Å². The molecular weight excluding hydrogens is 263 g/mol. The van der Waals surface area contributed by atoms with Crippen molar-refractivity contribution in [3.05, 3.63) is 35.4 Å². The van der Waals surface area contributed by atoms with Gasteiger partial charge in [-0.2, -0.15) is 13.2 Å². The molecule has 0 aliphatic heterocycles. The maximum Gasteiger partial charge on any atom is 0.416 e. The zero-order valence-corrected chi connectivity index (χ0v) is 10.1. The average Bonchev–Trinajstić information content (AvgIpc) is 2.37. The number of methoxy groups -OCH3 is 1. The Kier molecular flexibility index (Phi) is 4.91. The van der Waals surface area contributed by atoms with Crippen LogP contribution in [0.3, 0.4) is 0 Å². The number of benzene rings is 1. The molecule has 0 aliphatic carbocycles. The highest BCUT2D eigenvalue weighted by molar-refractivity contribution is 5.94. The topological polar surface area (TPSA) is 55.4 Å². The maximum absolute atomic E-state index is 12.4. The summed E-state index contributed by atoms with van der Waals surface area (Å²) in [5.41, 5.74) is -1.01. The van der Waals surface area contributed by atoms with Gasteiger partial charge in [0.05, 0.1) is 19.1 Å². The van der Waals surface area contributed by atoms with Crippen LogP contribution in [0.25, 0.3) is 0 Å². The predicted octanol–water partition coefficient (Wildman–Crippen LogP) is 2.00. The fraction of sp³-hybridized carbons (Fsp3) is 0.333. The van der Waals surface area contributed by atoms with Gasteiger partial charge in [0, 0.05) is 12.1 Å². The fourth-order valence-electron chi connectivity index (χ4n) is 1.32. The van der Waals surface area contributed by atoms with Crippen molar-refractivity contribution >= 4 is 11.9 Å². The summed E-state index contributed by atoms with van der Waals surface area (Å²) in [5.74, 6) is -1.18. The van der Waals surface area contributed by atoms with E-state index in [1.54, 1.807) is 0 Å². The largest absolute Gasteiger partial charge is 0.469 e. The summed E-state index contributed by atoms with van der Waals surface area (Å²) >= 11 is 0. The second kappa shape index (κ2) is 6.21. The number of nitrogens with one attached hydrogen (secondary N) is 1. The van der Waals surface area contributed by atoms with E-state index in [-0.39, 0.29) is 18.5 Å². The van der Waals surface area contributed by atoms with Crippen molar-refractivity contribution in [2.24, 2.45) is 0 Å². The van der Waals surface area contributed by atoms with Gasteiger partial charge in [-0.05, 0) is 18.2 Å². The van der Waals surface area contributed by atoms with Crippen molar-refractivity contribution in [1.82, 2.24) is 5.32 Å². The molecule has 0 aliphatic rings. The second-order valence-corrected chi connectivity index (χ2v) is 3.66. The third-order valence-corrected chi connectivity index (χ3v) is 2.29. The summed E-state index contributed by atoms with van der Waals surface area (Å²) in [6, 6.07) is 4.06. The van der Waals surface area contributed by atoms with E-state index in [0.717, 1.165) is 18.2 Å². The van der Waals surface area contributed by atoms with Gasteiger partial charge in [-0.25, -0.2) is 0 Å². The van der Waals surface area contributed by atoms with Crippen molar-refractivity contribution < 1.29 is 27.5 Å². The molecule has 104 valence electrons. The number of halogens is 3. The van der Waals surface area contributed by atoms with E-state index in [2.05, 4.69) is 10.1 Å². The minimum atomic E-state index is -4.50. The monoisotopic (exact) mass is 275 g/mol. The molecule has 1 rings (SSSR count). The molecule has 0 heterocycles. The molecule has 0 fully saturated rings. The highest BCUT2D eigenvalue weighted by Crippen LogP contribution is 2.29. The van der Waals surface area contributed by atoms with Crippen LogP contribution in [0.5, 0.6) is 0 Å². The first-order chi connectivity index (χ1) is 8.84. The summed E-state index contributed by atoms with van der Waals surface area (Å²) in [5, 5.41) is 2.34. The molecule has 0 radical (unpaired) electrons. The lowest BCUT2D eigenvalue weighted by Gasteiger charge is -2.09. The number of esters is 1. The van der Waals surface area contributed by atoms with Gasteiger partial charge in [-0.1, -0.05) is 6.07 Å². The van der Waals surface area contributed by atoms with E-state index in [0.29, 0.717) is 0 Å². The summed E-state index contributed by atoms with van der Waals surface area (Å²) in [6.45, 7) is 0.00174. The third kappa shape index (κ3) is 4.61. The molecule has 7 heteroatoms. The summed E-state index contributed by atoms with van der Waals surface area (Å²) in [7, 11) is 1.21. The van der Waals surface area contributed by atoms with Gasteiger partial charge in [0.15, 0.2) is 0 Å². The summed E-state index contributed by atoms with van der Waals surface area (Å²) in [4.78, 5) is 22.4. The lowest BCUT2D eigenvalue weighted by molar-refractivity contribution is -0.140. The molecule has 0 aromatic heterocycles. The molecule has 19 heavy (non-hydrogen) atoms.